The molecule has 0 saturated carbocycles. The number of rotatable bonds is 1. The van der Waals surface area contributed by atoms with Crippen molar-refractivity contribution in [1.82, 2.24) is 4.90 Å². The summed E-state index contributed by atoms with van der Waals surface area (Å²) in [7, 11) is 0. The molecule has 0 N–H and O–H groups in total. The van der Waals surface area contributed by atoms with Gasteiger partial charge in [-0.15, -0.1) is 0 Å². The lowest BCUT2D eigenvalue weighted by atomic mass is 9.82. The highest BCUT2D eigenvalue weighted by atomic mass is 16.6. The van der Waals surface area contributed by atoms with Gasteiger partial charge in [0.05, 0.1) is 0 Å². The van der Waals surface area contributed by atoms with Gasteiger partial charge in [-0.2, -0.15) is 0 Å². The van der Waals surface area contributed by atoms with E-state index in [1.54, 1.807) is 0 Å². The van der Waals surface area contributed by atoms with Gasteiger partial charge in [0.15, 0.2) is 0 Å². The summed E-state index contributed by atoms with van der Waals surface area (Å²) >= 11 is 0. The average Bonchev–Trinajstić information content (AvgIpc) is 2.14. The molecule has 1 rings (SSSR count). The van der Waals surface area contributed by atoms with Crippen LogP contribution in [0.3, 0.4) is 0 Å². The molecule has 0 spiro atoms. The van der Waals surface area contributed by atoms with E-state index in [2.05, 4.69) is 20.8 Å². The van der Waals surface area contributed by atoms with Gasteiger partial charge < -0.3 is 9.64 Å². The van der Waals surface area contributed by atoms with Gasteiger partial charge >= 0.3 is 6.09 Å². The van der Waals surface area contributed by atoms with Crippen LogP contribution in [0.4, 0.5) is 4.79 Å². The molecule has 1 amide bonds. The van der Waals surface area contributed by atoms with Gasteiger partial charge in [0.2, 0.25) is 0 Å². The minimum absolute atomic E-state index is 0.157. The SMILES string of the molecule is CC[C@H]1CN(C(=O)OC(C)(C)C)[C@@H](C)C[C@H]1C. The van der Waals surface area contributed by atoms with Gasteiger partial charge in [0.1, 0.15) is 5.60 Å². The van der Waals surface area contributed by atoms with Crippen LogP contribution in [0.5, 0.6) is 0 Å². The van der Waals surface area contributed by atoms with Crippen LogP contribution < -0.4 is 0 Å². The fourth-order valence-electron chi connectivity index (χ4n) is 2.58. The molecule has 3 atom stereocenters. The Balaban J connectivity index is 2.66. The van der Waals surface area contributed by atoms with E-state index in [4.69, 9.17) is 4.74 Å². The first-order chi connectivity index (χ1) is 7.74. The van der Waals surface area contributed by atoms with Crippen molar-refractivity contribution < 1.29 is 9.53 Å². The highest BCUT2D eigenvalue weighted by molar-refractivity contribution is 5.68. The Bertz CT molecular complexity index is 270. The molecule has 1 aliphatic heterocycles. The van der Waals surface area contributed by atoms with E-state index in [-0.39, 0.29) is 6.09 Å². The number of hydrogen-bond acceptors (Lipinski definition) is 2. The number of nitrogens with zero attached hydrogens (tertiary/aromatic N) is 1. The van der Waals surface area contributed by atoms with Crippen molar-refractivity contribution in [2.45, 2.75) is 66.0 Å². The lowest BCUT2D eigenvalue weighted by molar-refractivity contribution is -0.00255. The average molecular weight is 241 g/mol. The second-order valence-electron chi connectivity index (χ2n) is 6.36. The van der Waals surface area contributed by atoms with Crippen molar-refractivity contribution in [3.05, 3.63) is 0 Å². The summed E-state index contributed by atoms with van der Waals surface area (Å²) in [5.41, 5.74) is -0.401. The monoisotopic (exact) mass is 241 g/mol. The van der Waals surface area contributed by atoms with Crippen molar-refractivity contribution in [3.63, 3.8) is 0 Å². The molecule has 0 bridgehead atoms. The number of ether oxygens (including phenoxy) is 1. The Labute approximate surface area is 106 Å². The summed E-state index contributed by atoms with van der Waals surface area (Å²) in [5, 5.41) is 0. The summed E-state index contributed by atoms with van der Waals surface area (Å²) in [6, 6.07) is 0.294. The predicted molar refractivity (Wildman–Crippen MR) is 70.0 cm³/mol. The number of carbonyl (C=O) groups is 1. The van der Waals surface area contributed by atoms with Crippen LogP contribution in [0.25, 0.3) is 0 Å². The van der Waals surface area contributed by atoms with Crippen LogP contribution in [0.2, 0.25) is 0 Å². The molecule has 1 saturated heterocycles. The van der Waals surface area contributed by atoms with Gasteiger partial charge in [-0.05, 0) is 46.0 Å². The second kappa shape index (κ2) is 5.28. The van der Waals surface area contributed by atoms with E-state index in [9.17, 15) is 4.79 Å². The first-order valence-electron chi connectivity index (χ1n) is 6.74. The molecular formula is C14H27NO2. The maximum Gasteiger partial charge on any atom is 0.410 e. The van der Waals surface area contributed by atoms with Gasteiger partial charge in [-0.25, -0.2) is 4.79 Å². The lowest BCUT2D eigenvalue weighted by Gasteiger charge is -2.41. The Morgan fingerprint density at radius 1 is 1.35 bits per heavy atom. The van der Waals surface area contributed by atoms with E-state index in [0.29, 0.717) is 17.9 Å². The second-order valence-corrected chi connectivity index (χ2v) is 6.36. The summed E-state index contributed by atoms with van der Waals surface area (Å²) in [6.45, 7) is 13.2. The third-order valence-electron chi connectivity index (χ3n) is 3.63. The van der Waals surface area contributed by atoms with E-state index in [1.165, 1.54) is 0 Å². The van der Waals surface area contributed by atoms with Crippen molar-refractivity contribution in [2.24, 2.45) is 11.8 Å². The van der Waals surface area contributed by atoms with Crippen LogP contribution in [-0.2, 0) is 4.74 Å². The van der Waals surface area contributed by atoms with Crippen molar-refractivity contribution in [3.8, 4) is 0 Å². The summed E-state index contributed by atoms with van der Waals surface area (Å²) in [5.74, 6) is 1.31. The Kier molecular flexibility index (Phi) is 4.45. The van der Waals surface area contributed by atoms with Crippen LogP contribution in [0.1, 0.15) is 54.4 Å². The molecule has 0 unspecified atom stereocenters. The normalized spacial score (nSPS) is 30.2. The van der Waals surface area contributed by atoms with Gasteiger partial charge in [0, 0.05) is 12.6 Å². The molecule has 1 aliphatic rings. The number of amides is 1. The zero-order valence-electron chi connectivity index (χ0n) is 12.1. The summed E-state index contributed by atoms with van der Waals surface area (Å²) in [6.07, 6.45) is 2.06. The van der Waals surface area contributed by atoms with E-state index >= 15 is 0 Å². The van der Waals surface area contributed by atoms with Crippen molar-refractivity contribution >= 4 is 6.09 Å². The predicted octanol–water partition coefficient (Wildman–Crippen LogP) is 3.68. The molecule has 3 nitrogen and oxygen atoms in total. The molecule has 0 radical (unpaired) electrons. The number of carbonyl (C=O) groups excluding carboxylic acids is 1. The molecular weight excluding hydrogens is 214 g/mol. The number of hydrogen-bond donors (Lipinski definition) is 0. The zero-order valence-corrected chi connectivity index (χ0v) is 12.1. The third-order valence-corrected chi connectivity index (χ3v) is 3.63. The fraction of sp³-hybridized carbons (Fsp3) is 0.929. The van der Waals surface area contributed by atoms with Gasteiger partial charge in [0.25, 0.3) is 0 Å². The molecule has 1 heterocycles. The molecule has 0 aromatic carbocycles. The summed E-state index contributed by atoms with van der Waals surface area (Å²) < 4.78 is 5.46. The zero-order chi connectivity index (χ0) is 13.2. The van der Waals surface area contributed by atoms with Crippen molar-refractivity contribution in [2.75, 3.05) is 6.54 Å². The number of likely N-dealkylation sites (tertiary alicyclic amines) is 1. The minimum atomic E-state index is -0.401. The van der Waals surface area contributed by atoms with E-state index in [1.807, 2.05) is 25.7 Å². The number of piperidine rings is 1. The van der Waals surface area contributed by atoms with Gasteiger partial charge in [-0.3, -0.25) is 0 Å². The van der Waals surface area contributed by atoms with E-state index in [0.717, 1.165) is 19.4 Å². The highest BCUT2D eigenvalue weighted by Crippen LogP contribution is 2.30. The molecule has 3 heteroatoms. The molecule has 0 aliphatic carbocycles. The van der Waals surface area contributed by atoms with Crippen LogP contribution in [0.15, 0.2) is 0 Å². The van der Waals surface area contributed by atoms with Crippen LogP contribution in [0, 0.1) is 11.8 Å². The highest BCUT2D eigenvalue weighted by Gasteiger charge is 2.34. The van der Waals surface area contributed by atoms with E-state index < -0.39 is 5.60 Å². The summed E-state index contributed by atoms with van der Waals surface area (Å²) in [4.78, 5) is 14.0. The Morgan fingerprint density at radius 3 is 2.41 bits per heavy atom. The maximum absolute atomic E-state index is 12.1. The Hall–Kier alpha value is -0.730. The van der Waals surface area contributed by atoms with Crippen LogP contribution >= 0.6 is 0 Å². The largest absolute Gasteiger partial charge is 0.444 e. The smallest absolute Gasteiger partial charge is 0.410 e. The maximum atomic E-state index is 12.1. The van der Waals surface area contributed by atoms with Crippen molar-refractivity contribution in [1.29, 1.82) is 0 Å². The lowest BCUT2D eigenvalue weighted by Crippen LogP contribution is -2.49. The van der Waals surface area contributed by atoms with Gasteiger partial charge in [-0.1, -0.05) is 20.3 Å². The standard InChI is InChI=1S/C14H27NO2/c1-7-12-9-15(11(3)8-10(12)2)13(16)17-14(4,5)6/h10-12H,7-9H2,1-6H3/t10-,11+,12+/m1/s1. The van der Waals surface area contributed by atoms with Crippen LogP contribution in [-0.4, -0.2) is 29.2 Å². The molecule has 0 aromatic heterocycles. The first-order valence-corrected chi connectivity index (χ1v) is 6.74. The Morgan fingerprint density at radius 2 is 1.94 bits per heavy atom. The topological polar surface area (TPSA) is 29.5 Å². The molecule has 17 heavy (non-hydrogen) atoms. The fourth-order valence-corrected chi connectivity index (χ4v) is 2.58. The molecule has 1 fully saturated rings. The first kappa shape index (κ1) is 14.3. The third kappa shape index (κ3) is 3.90. The quantitative estimate of drug-likeness (QED) is 0.701. The molecule has 0 aromatic rings. The molecule has 100 valence electrons. The minimum Gasteiger partial charge on any atom is -0.444 e.